The molecular weight excluding hydrogens is 422 g/mol. The molecule has 0 spiro atoms. The first-order valence-electron chi connectivity index (χ1n) is 7.31. The van der Waals surface area contributed by atoms with Crippen LogP contribution in [0.4, 0.5) is 30.8 Å². The van der Waals surface area contributed by atoms with Crippen molar-refractivity contribution < 1.29 is 13.2 Å². The molecule has 0 fully saturated rings. The van der Waals surface area contributed by atoms with Crippen molar-refractivity contribution in [2.24, 2.45) is 0 Å². The van der Waals surface area contributed by atoms with Crippen molar-refractivity contribution in [1.82, 2.24) is 14.5 Å². The number of rotatable bonds is 3. The van der Waals surface area contributed by atoms with Crippen LogP contribution in [0.3, 0.4) is 0 Å². The minimum absolute atomic E-state index is 0.0547. The van der Waals surface area contributed by atoms with Gasteiger partial charge in [0.2, 0.25) is 16.7 Å². The van der Waals surface area contributed by atoms with Gasteiger partial charge in [0.25, 0.3) is 0 Å². The zero-order chi connectivity index (χ0) is 19.8. The number of benzene rings is 2. The number of anilines is 3. The number of hydrogen-bond donors (Lipinski definition) is 2. The summed E-state index contributed by atoms with van der Waals surface area (Å²) in [6.45, 7) is 0. The van der Waals surface area contributed by atoms with Crippen molar-refractivity contribution in [2.75, 3.05) is 11.1 Å². The van der Waals surface area contributed by atoms with E-state index in [1.807, 2.05) is 0 Å². The fourth-order valence-corrected chi connectivity index (χ4v) is 3.11. The van der Waals surface area contributed by atoms with E-state index in [1.165, 1.54) is 12.1 Å². The van der Waals surface area contributed by atoms with Crippen molar-refractivity contribution in [3.8, 4) is 5.69 Å². The monoisotopic (exact) mass is 431 g/mol. The molecule has 3 rings (SSSR count). The Morgan fingerprint density at radius 2 is 1.70 bits per heavy atom. The standard InChI is InChI=1S/C16H10Cl2F3N5S/c17-9-5-10(18)7-11(6-9)23-14-24-13(22)26(15(27)25-14)12-3-1-2-8(4-12)16(19,20)21/h1-7H,(H3,22,23,24,25,27). The molecule has 27 heavy (non-hydrogen) atoms. The van der Waals surface area contributed by atoms with Crippen LogP contribution in [-0.4, -0.2) is 14.5 Å². The van der Waals surface area contributed by atoms with E-state index in [1.54, 1.807) is 18.2 Å². The molecule has 0 bridgehead atoms. The third kappa shape index (κ3) is 4.49. The van der Waals surface area contributed by atoms with E-state index in [0.29, 0.717) is 15.7 Å². The molecule has 0 radical (unpaired) electrons. The molecule has 1 heterocycles. The van der Waals surface area contributed by atoms with E-state index in [9.17, 15) is 13.2 Å². The third-order valence-corrected chi connectivity index (χ3v) is 4.10. The number of alkyl halides is 3. The summed E-state index contributed by atoms with van der Waals surface area (Å²) in [5.74, 6) is -0.0796. The highest BCUT2D eigenvalue weighted by atomic mass is 35.5. The number of halogens is 5. The predicted molar refractivity (Wildman–Crippen MR) is 101 cm³/mol. The van der Waals surface area contributed by atoms with E-state index < -0.39 is 11.7 Å². The van der Waals surface area contributed by atoms with Gasteiger partial charge in [-0.1, -0.05) is 29.3 Å². The maximum atomic E-state index is 12.9. The Balaban J connectivity index is 2.00. The van der Waals surface area contributed by atoms with Gasteiger partial charge in [0.1, 0.15) is 0 Å². The summed E-state index contributed by atoms with van der Waals surface area (Å²) < 4.78 is 39.8. The summed E-state index contributed by atoms with van der Waals surface area (Å²) in [5, 5.41) is 3.64. The molecule has 3 N–H and O–H groups in total. The number of nitrogens with two attached hydrogens (primary N) is 1. The molecule has 1 aromatic heterocycles. The molecule has 2 aromatic carbocycles. The molecule has 0 unspecified atom stereocenters. The first kappa shape index (κ1) is 19.4. The molecule has 0 amide bonds. The van der Waals surface area contributed by atoms with Crippen LogP contribution in [-0.2, 0) is 6.18 Å². The summed E-state index contributed by atoms with van der Waals surface area (Å²) >= 11 is 17.0. The first-order valence-corrected chi connectivity index (χ1v) is 8.47. The van der Waals surface area contributed by atoms with E-state index in [-0.39, 0.29) is 22.4 Å². The predicted octanol–water partition coefficient (Wildman–Crippen LogP) is 5.65. The second kappa shape index (κ2) is 7.34. The lowest BCUT2D eigenvalue weighted by molar-refractivity contribution is -0.137. The summed E-state index contributed by atoms with van der Waals surface area (Å²) in [5.41, 5.74) is 5.66. The summed E-state index contributed by atoms with van der Waals surface area (Å²) in [6.07, 6.45) is -4.50. The van der Waals surface area contributed by atoms with Gasteiger partial charge in [0.15, 0.2) is 0 Å². The molecule has 0 aliphatic heterocycles. The highest BCUT2D eigenvalue weighted by Crippen LogP contribution is 2.31. The fraction of sp³-hybridized carbons (Fsp3) is 0.0625. The number of nitrogen functional groups attached to an aromatic ring is 1. The number of nitrogens with one attached hydrogen (secondary N) is 1. The van der Waals surface area contributed by atoms with Crippen molar-refractivity contribution in [3.05, 3.63) is 62.8 Å². The molecule has 140 valence electrons. The van der Waals surface area contributed by atoms with Crippen molar-refractivity contribution in [3.63, 3.8) is 0 Å². The van der Waals surface area contributed by atoms with Gasteiger partial charge in [-0.3, -0.25) is 4.57 Å². The summed E-state index contributed by atoms with van der Waals surface area (Å²) in [7, 11) is 0. The average Bonchev–Trinajstić information content (AvgIpc) is 2.52. The van der Waals surface area contributed by atoms with E-state index in [2.05, 4.69) is 15.3 Å². The second-order valence-electron chi connectivity index (χ2n) is 5.35. The Morgan fingerprint density at radius 3 is 2.30 bits per heavy atom. The number of aromatic nitrogens is 3. The van der Waals surface area contributed by atoms with Crippen LogP contribution in [0.25, 0.3) is 5.69 Å². The van der Waals surface area contributed by atoms with E-state index in [0.717, 1.165) is 16.7 Å². The van der Waals surface area contributed by atoms with Crippen LogP contribution in [0.1, 0.15) is 5.56 Å². The lowest BCUT2D eigenvalue weighted by Crippen LogP contribution is -2.13. The highest BCUT2D eigenvalue weighted by molar-refractivity contribution is 7.71. The minimum Gasteiger partial charge on any atom is -0.369 e. The lowest BCUT2D eigenvalue weighted by Gasteiger charge is -2.14. The van der Waals surface area contributed by atoms with Gasteiger partial charge in [0.05, 0.1) is 11.3 Å². The largest absolute Gasteiger partial charge is 0.416 e. The van der Waals surface area contributed by atoms with Crippen molar-refractivity contribution >= 4 is 53.0 Å². The van der Waals surface area contributed by atoms with Gasteiger partial charge in [-0.2, -0.15) is 23.1 Å². The Labute approximate surface area is 166 Å². The van der Waals surface area contributed by atoms with Gasteiger partial charge >= 0.3 is 6.18 Å². The van der Waals surface area contributed by atoms with Crippen LogP contribution < -0.4 is 11.1 Å². The van der Waals surface area contributed by atoms with Crippen LogP contribution in [0, 0.1) is 4.77 Å². The fourth-order valence-electron chi connectivity index (χ4n) is 2.30. The lowest BCUT2D eigenvalue weighted by atomic mass is 10.2. The van der Waals surface area contributed by atoms with Crippen LogP contribution in [0.2, 0.25) is 10.0 Å². The van der Waals surface area contributed by atoms with Gasteiger partial charge in [-0.15, -0.1) is 0 Å². The first-order chi connectivity index (χ1) is 12.6. The molecule has 0 aliphatic rings. The normalized spacial score (nSPS) is 11.4. The molecule has 3 aromatic rings. The molecule has 0 aliphatic carbocycles. The molecule has 0 atom stereocenters. The second-order valence-corrected chi connectivity index (χ2v) is 6.59. The third-order valence-electron chi connectivity index (χ3n) is 3.39. The molecule has 0 saturated carbocycles. The van der Waals surface area contributed by atoms with Crippen molar-refractivity contribution in [2.45, 2.75) is 6.18 Å². The molecule has 11 heteroatoms. The SMILES string of the molecule is Nc1nc(Nc2cc(Cl)cc(Cl)c2)nc(=S)n1-c1cccc(C(F)(F)F)c1. The highest BCUT2D eigenvalue weighted by Gasteiger charge is 2.30. The zero-order valence-corrected chi connectivity index (χ0v) is 15.6. The van der Waals surface area contributed by atoms with Crippen LogP contribution in [0.5, 0.6) is 0 Å². The Morgan fingerprint density at radius 1 is 1.04 bits per heavy atom. The molecular formula is C16H10Cl2F3N5S. The number of nitrogens with zero attached hydrogens (tertiary/aromatic N) is 3. The van der Waals surface area contributed by atoms with Crippen LogP contribution >= 0.6 is 35.4 Å². The van der Waals surface area contributed by atoms with E-state index in [4.69, 9.17) is 41.2 Å². The Kier molecular flexibility index (Phi) is 5.27. The number of hydrogen-bond acceptors (Lipinski definition) is 5. The van der Waals surface area contributed by atoms with Gasteiger partial charge in [-0.05, 0) is 48.6 Å². The van der Waals surface area contributed by atoms with Crippen molar-refractivity contribution in [1.29, 1.82) is 0 Å². The zero-order valence-electron chi connectivity index (χ0n) is 13.3. The van der Waals surface area contributed by atoms with E-state index >= 15 is 0 Å². The minimum atomic E-state index is -4.50. The Bertz CT molecular complexity index is 1050. The van der Waals surface area contributed by atoms with Gasteiger partial charge in [-0.25, -0.2) is 0 Å². The Hall–Kier alpha value is -2.36. The molecule has 0 saturated heterocycles. The topological polar surface area (TPSA) is 68.8 Å². The maximum absolute atomic E-state index is 12.9. The van der Waals surface area contributed by atoms with Gasteiger partial charge < -0.3 is 11.1 Å². The molecule has 5 nitrogen and oxygen atoms in total. The average molecular weight is 432 g/mol. The maximum Gasteiger partial charge on any atom is 0.416 e. The van der Waals surface area contributed by atoms with Gasteiger partial charge in [0, 0.05) is 15.7 Å². The van der Waals surface area contributed by atoms with Crippen LogP contribution in [0.15, 0.2) is 42.5 Å². The summed E-state index contributed by atoms with van der Waals surface area (Å²) in [4.78, 5) is 8.11. The summed E-state index contributed by atoms with van der Waals surface area (Å²) in [6, 6.07) is 9.26. The quantitative estimate of drug-likeness (QED) is 0.524. The smallest absolute Gasteiger partial charge is 0.369 e.